The van der Waals surface area contributed by atoms with Crippen molar-refractivity contribution in [1.82, 2.24) is 19.7 Å². The van der Waals surface area contributed by atoms with Gasteiger partial charge in [-0.2, -0.15) is 10.4 Å². The third kappa shape index (κ3) is 2.93. The van der Waals surface area contributed by atoms with Gasteiger partial charge in [-0.3, -0.25) is 9.48 Å². The van der Waals surface area contributed by atoms with Gasteiger partial charge >= 0.3 is 0 Å². The fourth-order valence-electron chi connectivity index (χ4n) is 7.14. The maximum absolute atomic E-state index is 12.1. The summed E-state index contributed by atoms with van der Waals surface area (Å²) in [7, 11) is 1.99. The van der Waals surface area contributed by atoms with Gasteiger partial charge in [0.25, 0.3) is 0 Å². The largest absolute Gasteiger partial charge is 0.355 e. The predicted octanol–water partition coefficient (Wildman–Crippen LogP) is 4.09. The van der Waals surface area contributed by atoms with Gasteiger partial charge in [0.05, 0.1) is 17.4 Å². The van der Waals surface area contributed by atoms with Crippen LogP contribution in [0, 0.1) is 29.6 Å². The molecule has 7 nitrogen and oxygen atoms in total. The topological polar surface area (TPSA) is 78.1 Å². The Morgan fingerprint density at radius 1 is 1.28 bits per heavy atom. The molecule has 1 spiro atoms. The van der Waals surface area contributed by atoms with E-state index in [0.29, 0.717) is 11.5 Å². The fraction of sp³-hybridized carbons (Fsp3) is 0.448. The van der Waals surface area contributed by atoms with Crippen molar-refractivity contribution in [3.63, 3.8) is 0 Å². The van der Waals surface area contributed by atoms with E-state index in [9.17, 15) is 10.1 Å². The molecular weight excluding hydrogens is 448 g/mol. The molecule has 0 unspecified atom stereocenters. The smallest absolute Gasteiger partial charge is 0.245 e. The zero-order valence-corrected chi connectivity index (χ0v) is 20.9. The Hall–Kier alpha value is -3.66. The van der Waals surface area contributed by atoms with Gasteiger partial charge in [0.15, 0.2) is 0 Å². The van der Waals surface area contributed by atoms with Crippen LogP contribution in [0.2, 0.25) is 0 Å². The predicted molar refractivity (Wildman–Crippen MR) is 139 cm³/mol. The Balaban J connectivity index is 1.39. The Labute approximate surface area is 211 Å². The van der Waals surface area contributed by atoms with Crippen molar-refractivity contribution in [3.8, 4) is 17.2 Å². The van der Waals surface area contributed by atoms with E-state index in [1.54, 1.807) is 0 Å². The quantitative estimate of drug-likeness (QED) is 0.530. The van der Waals surface area contributed by atoms with Gasteiger partial charge in [-0.1, -0.05) is 18.7 Å². The van der Waals surface area contributed by atoms with Crippen molar-refractivity contribution in [1.29, 1.82) is 5.26 Å². The van der Waals surface area contributed by atoms with Crippen LogP contribution in [0.15, 0.2) is 31.0 Å². The number of carbonyl (C=O) groups excluding carboxylic acids is 1. The average molecular weight is 479 g/mol. The molecule has 7 rings (SSSR count). The minimum atomic E-state index is 0.00510. The Kier molecular flexibility index (Phi) is 4.46. The third-order valence-corrected chi connectivity index (χ3v) is 9.10. The van der Waals surface area contributed by atoms with Gasteiger partial charge in [-0.15, -0.1) is 0 Å². The highest BCUT2D eigenvalue weighted by Crippen LogP contribution is 2.57. The minimum absolute atomic E-state index is 0.00510. The van der Waals surface area contributed by atoms with Gasteiger partial charge in [-0.25, -0.2) is 4.98 Å². The highest BCUT2D eigenvalue weighted by molar-refractivity contribution is 5.99. The number of aromatic nitrogens is 3. The molecule has 3 fully saturated rings. The second-order valence-corrected chi connectivity index (χ2v) is 11.3. The van der Waals surface area contributed by atoms with Gasteiger partial charge in [0, 0.05) is 61.1 Å². The third-order valence-electron chi connectivity index (χ3n) is 9.10. The van der Waals surface area contributed by atoms with E-state index < -0.39 is 0 Å². The molecule has 4 aliphatic rings. The SMILES string of the molecule is C=CC(=O)N1CC2(CCN(c3nc4c(c(-c5c(C)ccc6cnn(C)c56)c3C#N)CC[C@@H]3C[C@H]43)C2)C1. The van der Waals surface area contributed by atoms with Crippen LogP contribution in [0.25, 0.3) is 22.0 Å². The number of carbonyl (C=O) groups is 1. The van der Waals surface area contributed by atoms with Crippen LogP contribution < -0.4 is 4.90 Å². The molecule has 2 aromatic heterocycles. The van der Waals surface area contributed by atoms with Gasteiger partial charge in [0.1, 0.15) is 17.5 Å². The molecule has 3 aromatic rings. The van der Waals surface area contributed by atoms with Crippen LogP contribution in [0.1, 0.15) is 47.6 Å². The summed E-state index contributed by atoms with van der Waals surface area (Å²) in [6, 6.07) is 6.88. The lowest BCUT2D eigenvalue weighted by Gasteiger charge is -2.47. The number of likely N-dealkylation sites (tertiary alicyclic amines) is 1. The van der Waals surface area contributed by atoms with E-state index >= 15 is 0 Å². The molecule has 2 saturated heterocycles. The van der Waals surface area contributed by atoms with Crippen LogP contribution >= 0.6 is 0 Å². The van der Waals surface area contributed by atoms with E-state index in [1.807, 2.05) is 22.8 Å². The molecule has 1 amide bonds. The lowest BCUT2D eigenvalue weighted by molar-refractivity contribution is -0.136. The highest BCUT2D eigenvalue weighted by atomic mass is 16.2. The second-order valence-electron chi connectivity index (χ2n) is 11.3. The summed E-state index contributed by atoms with van der Waals surface area (Å²) in [5.74, 6) is 2.10. The Morgan fingerprint density at radius 2 is 2.11 bits per heavy atom. The van der Waals surface area contributed by atoms with Crippen molar-refractivity contribution >= 4 is 22.6 Å². The number of pyridine rings is 1. The molecular formula is C29H30N6O. The number of anilines is 1. The van der Waals surface area contributed by atoms with E-state index in [0.717, 1.165) is 78.3 Å². The van der Waals surface area contributed by atoms with Crippen LogP contribution in [-0.4, -0.2) is 51.8 Å². The first kappa shape index (κ1) is 21.6. The normalized spacial score (nSPS) is 23.2. The summed E-state index contributed by atoms with van der Waals surface area (Å²) in [5.41, 5.74) is 7.71. The first-order chi connectivity index (χ1) is 17.4. The summed E-state index contributed by atoms with van der Waals surface area (Å²) >= 11 is 0. The van der Waals surface area contributed by atoms with Gasteiger partial charge < -0.3 is 9.80 Å². The number of nitriles is 1. The van der Waals surface area contributed by atoms with Crippen LogP contribution in [0.5, 0.6) is 0 Å². The van der Waals surface area contributed by atoms with Crippen molar-refractivity contribution in [2.75, 3.05) is 31.1 Å². The number of benzene rings is 1. The highest BCUT2D eigenvalue weighted by Gasteiger charge is 2.50. The zero-order valence-electron chi connectivity index (χ0n) is 20.9. The van der Waals surface area contributed by atoms with Crippen LogP contribution in [0.3, 0.4) is 0 Å². The number of nitrogens with zero attached hydrogens (tertiary/aromatic N) is 6. The van der Waals surface area contributed by atoms with Crippen molar-refractivity contribution in [3.05, 3.63) is 53.4 Å². The number of hydrogen-bond donors (Lipinski definition) is 0. The number of rotatable bonds is 3. The molecule has 1 saturated carbocycles. The lowest BCUT2D eigenvalue weighted by atomic mass is 9.79. The molecule has 4 heterocycles. The molecule has 0 N–H and O–H groups in total. The zero-order chi connectivity index (χ0) is 24.8. The molecule has 2 aliphatic carbocycles. The molecule has 2 aliphatic heterocycles. The Bertz CT molecular complexity index is 1500. The summed E-state index contributed by atoms with van der Waals surface area (Å²) in [5, 5.41) is 16.3. The molecule has 36 heavy (non-hydrogen) atoms. The van der Waals surface area contributed by atoms with Crippen LogP contribution in [0.4, 0.5) is 5.82 Å². The van der Waals surface area contributed by atoms with E-state index in [-0.39, 0.29) is 11.3 Å². The summed E-state index contributed by atoms with van der Waals surface area (Å²) in [4.78, 5) is 21.5. The van der Waals surface area contributed by atoms with Crippen molar-refractivity contribution < 1.29 is 4.79 Å². The molecule has 182 valence electrons. The number of hydrogen-bond acceptors (Lipinski definition) is 5. The van der Waals surface area contributed by atoms with Crippen LogP contribution in [-0.2, 0) is 18.3 Å². The molecule has 0 bridgehead atoms. The maximum Gasteiger partial charge on any atom is 0.245 e. The fourth-order valence-corrected chi connectivity index (χ4v) is 7.14. The second kappa shape index (κ2) is 7.42. The number of aryl methyl sites for hydroxylation is 2. The summed E-state index contributed by atoms with van der Waals surface area (Å²) < 4.78 is 1.94. The van der Waals surface area contributed by atoms with Crippen molar-refractivity contribution in [2.45, 2.75) is 38.5 Å². The minimum Gasteiger partial charge on any atom is -0.355 e. The maximum atomic E-state index is 12.1. The average Bonchev–Trinajstić information content (AvgIpc) is 3.39. The van der Waals surface area contributed by atoms with E-state index in [2.05, 4.69) is 41.7 Å². The monoisotopic (exact) mass is 478 g/mol. The molecule has 7 heteroatoms. The van der Waals surface area contributed by atoms with E-state index in [4.69, 9.17) is 4.98 Å². The van der Waals surface area contributed by atoms with Gasteiger partial charge in [0.2, 0.25) is 5.91 Å². The molecule has 1 aromatic carbocycles. The molecule has 2 atom stereocenters. The summed E-state index contributed by atoms with van der Waals surface area (Å²) in [6.07, 6.45) is 7.68. The standard InChI is InChI=1S/C29H30N6O/c1-4-23(36)35-15-29(16-35)9-10-34(14-29)28-22(12-30)25(20-8-7-18-11-21(18)26(20)32-28)24-17(2)5-6-19-13-31-33(3)27(19)24/h4-6,13,18,21H,1,7-11,14-16H2,2-3H3/t18-,21+/m1/s1. The first-order valence-electron chi connectivity index (χ1n) is 13.0. The first-order valence-corrected chi connectivity index (χ1v) is 13.0. The number of amides is 1. The molecule has 0 radical (unpaired) electrons. The van der Waals surface area contributed by atoms with Gasteiger partial charge in [-0.05, 0) is 55.7 Å². The summed E-state index contributed by atoms with van der Waals surface area (Å²) in [6.45, 7) is 8.98. The number of fused-ring (bicyclic) bond motifs is 4. The van der Waals surface area contributed by atoms with E-state index in [1.165, 1.54) is 30.2 Å². The lowest BCUT2D eigenvalue weighted by Crippen LogP contribution is -2.59. The van der Waals surface area contributed by atoms with Crippen molar-refractivity contribution in [2.24, 2.45) is 18.4 Å². The Morgan fingerprint density at radius 3 is 2.89 bits per heavy atom.